The fourth-order valence-corrected chi connectivity index (χ4v) is 5.77. The van der Waals surface area contributed by atoms with Gasteiger partial charge in [-0.25, -0.2) is 0 Å². The predicted molar refractivity (Wildman–Crippen MR) is 252 cm³/mol. The van der Waals surface area contributed by atoms with Gasteiger partial charge in [0.2, 0.25) is 23.3 Å². The summed E-state index contributed by atoms with van der Waals surface area (Å²) < 4.78 is 23.2. The van der Waals surface area contributed by atoms with Crippen molar-refractivity contribution in [1.82, 2.24) is 26.0 Å². The van der Waals surface area contributed by atoms with E-state index >= 15 is 0 Å². The molecule has 0 heterocycles. The monoisotopic (exact) mass is 944 g/mol. The van der Waals surface area contributed by atoms with Crippen LogP contribution in [0.2, 0.25) is 0 Å². The van der Waals surface area contributed by atoms with Crippen LogP contribution in [0.25, 0.3) is 0 Å². The lowest BCUT2D eigenvalue weighted by atomic mass is 10.0. The third kappa shape index (κ3) is 59.1. The lowest BCUT2D eigenvalue weighted by Gasteiger charge is -2.11. The lowest BCUT2D eigenvalue weighted by molar-refractivity contribution is -0.140. The minimum Gasteiger partial charge on any atom is -0.481 e. The third-order valence-electron chi connectivity index (χ3n) is 8.69. The van der Waals surface area contributed by atoms with Crippen molar-refractivity contribution in [2.75, 3.05) is 79.5 Å². The van der Waals surface area contributed by atoms with Crippen LogP contribution in [-0.4, -0.2) is 143 Å². The average Bonchev–Trinajstić information content (AvgIpc) is 3.26. The number of unbranched alkanes of at least 4 members (excludes halogenated alkanes) is 13. The smallest absolute Gasteiger partial charge is 0.320 e. The summed E-state index contributed by atoms with van der Waals surface area (Å²) in [6, 6.07) is -1.06. The summed E-state index contributed by atoms with van der Waals surface area (Å²) >= 11 is 7.60. The van der Waals surface area contributed by atoms with Crippen LogP contribution in [-0.2, 0) is 52.5 Å². The van der Waals surface area contributed by atoms with Crippen LogP contribution in [0.4, 0.5) is 0 Å². The number of rotatable bonds is 43. The second-order valence-corrected chi connectivity index (χ2v) is 14.5. The van der Waals surface area contributed by atoms with Gasteiger partial charge in [0.1, 0.15) is 18.9 Å². The van der Waals surface area contributed by atoms with E-state index < -0.39 is 18.0 Å². The number of amides is 3. The number of carbonyl (C=O) groups is 7. The first kappa shape index (κ1) is 66.7. The van der Waals surface area contributed by atoms with Gasteiger partial charge in [-0.3, -0.25) is 33.5 Å². The first-order valence-electron chi connectivity index (χ1n) is 22.7. The highest BCUT2D eigenvalue weighted by Gasteiger charge is 2.16. The number of ether oxygens (including phenoxy) is 4. The van der Waals surface area contributed by atoms with E-state index in [1.165, 1.54) is 57.8 Å². The number of aliphatic carboxylic acids is 2. The second-order valence-electron chi connectivity index (χ2n) is 13.8. The highest BCUT2D eigenvalue weighted by atomic mass is 32.1. The summed E-state index contributed by atoms with van der Waals surface area (Å²) in [5.74, 6) is -1.99. The Morgan fingerprint density at radius 2 is 1.13 bits per heavy atom. The Labute approximate surface area is 388 Å². The zero-order chi connectivity index (χ0) is 48.0. The van der Waals surface area contributed by atoms with Gasteiger partial charge < -0.3 is 55.2 Å². The maximum atomic E-state index is 11.5. The summed E-state index contributed by atoms with van der Waals surface area (Å²) in [5, 5.41) is 27.5. The van der Waals surface area contributed by atoms with E-state index in [0.717, 1.165) is 44.8 Å². The molecule has 0 rings (SSSR count). The minimum absolute atomic E-state index is 0.0219. The van der Waals surface area contributed by atoms with Crippen molar-refractivity contribution >= 4 is 67.0 Å². The number of thiol groups is 2. The van der Waals surface area contributed by atoms with Gasteiger partial charge in [-0.05, 0) is 52.5 Å². The summed E-state index contributed by atoms with van der Waals surface area (Å²) in [5.41, 5.74) is 0. The molecule has 18 nitrogen and oxygen atoms in total. The zero-order valence-corrected chi connectivity index (χ0v) is 40.6. The largest absolute Gasteiger partial charge is 0.481 e. The van der Waals surface area contributed by atoms with E-state index in [1.807, 2.05) is 20.8 Å². The number of hydrogen-bond donors (Lipinski definition) is 9. The van der Waals surface area contributed by atoms with Crippen molar-refractivity contribution in [3.63, 3.8) is 0 Å². The van der Waals surface area contributed by atoms with Crippen molar-refractivity contribution in [2.24, 2.45) is 0 Å². The molecule has 0 aromatic heterocycles. The number of hydrogen-bond acceptors (Lipinski definition) is 14. The molecule has 7 N–H and O–H groups in total. The van der Waals surface area contributed by atoms with Crippen molar-refractivity contribution < 1.29 is 62.7 Å². The Balaban J connectivity index is -0.000000408. The number of carboxylic acids is 2. The molecule has 0 saturated carbocycles. The first-order valence-corrected chi connectivity index (χ1v) is 23.6. The molecule has 0 aliphatic carbocycles. The van der Waals surface area contributed by atoms with Crippen LogP contribution in [0.3, 0.4) is 0 Å². The van der Waals surface area contributed by atoms with E-state index in [4.69, 9.17) is 29.2 Å². The van der Waals surface area contributed by atoms with Gasteiger partial charge in [0.05, 0.1) is 45.7 Å². The Hall–Kier alpha value is -2.85. The molecular formula is C43H85N5O13S2. The molecule has 63 heavy (non-hydrogen) atoms. The fourth-order valence-electron chi connectivity index (χ4n) is 5.22. The predicted octanol–water partition coefficient (Wildman–Crippen LogP) is 4.68. The van der Waals surface area contributed by atoms with Crippen LogP contribution < -0.4 is 26.0 Å². The zero-order valence-electron chi connectivity index (χ0n) is 38.8. The number of likely N-dealkylation sites (N-methyl/N-ethyl adjacent to an activating group) is 1. The molecule has 0 saturated heterocycles. The van der Waals surface area contributed by atoms with Crippen molar-refractivity contribution in [3.8, 4) is 0 Å². The molecule has 2 atom stereocenters. The van der Waals surface area contributed by atoms with E-state index in [-0.39, 0.29) is 42.4 Å². The molecule has 0 aromatic rings. The maximum absolute atomic E-state index is 11.5. The molecule has 0 aliphatic rings. The molecule has 0 spiro atoms. The Kier molecular flexibility index (Phi) is 60.6. The lowest BCUT2D eigenvalue weighted by Crippen LogP contribution is -2.36. The van der Waals surface area contributed by atoms with Gasteiger partial charge in [0, 0.05) is 45.5 Å². The second kappa shape index (κ2) is 57.2. The summed E-state index contributed by atoms with van der Waals surface area (Å²) in [6.45, 7) is 10.5. The highest BCUT2D eigenvalue weighted by molar-refractivity contribution is 7.96. The summed E-state index contributed by atoms with van der Waals surface area (Å²) in [6.07, 6.45) is 19.6. The average molecular weight is 944 g/mol. The molecule has 0 radical (unpaired) electrons. The molecule has 2 unspecified atom stereocenters. The van der Waals surface area contributed by atoms with E-state index in [2.05, 4.69) is 51.4 Å². The van der Waals surface area contributed by atoms with Gasteiger partial charge in [0.15, 0.2) is 0 Å². The van der Waals surface area contributed by atoms with Crippen LogP contribution in [0.1, 0.15) is 143 Å². The summed E-state index contributed by atoms with van der Waals surface area (Å²) in [7, 11) is 1.56. The van der Waals surface area contributed by atoms with Gasteiger partial charge in [-0.1, -0.05) is 90.9 Å². The van der Waals surface area contributed by atoms with Gasteiger partial charge in [-0.15, -0.1) is 12.6 Å². The maximum Gasteiger partial charge on any atom is 0.320 e. The normalized spacial score (nSPS) is 11.2. The van der Waals surface area contributed by atoms with Gasteiger partial charge in [-0.2, -0.15) is 0 Å². The molecule has 0 aliphatic heterocycles. The SMILES string of the molecule is CC.CCOCCOCCNC(=O)CCC(NC)C(=O)O.O=CCCCCCCCCCCCCCCC(=O)O.O=CNCCOCCOCC(=O)NCCCCC(NS)C(=O)S. The van der Waals surface area contributed by atoms with Crippen LogP contribution in [0.15, 0.2) is 0 Å². The molecule has 3 amide bonds. The van der Waals surface area contributed by atoms with E-state index in [9.17, 15) is 33.6 Å². The van der Waals surface area contributed by atoms with E-state index in [1.54, 1.807) is 7.05 Å². The Morgan fingerprint density at radius 1 is 0.603 bits per heavy atom. The van der Waals surface area contributed by atoms with Gasteiger partial charge >= 0.3 is 11.9 Å². The molecular weight excluding hydrogens is 859 g/mol. The third-order valence-corrected chi connectivity index (χ3v) is 9.31. The Bertz CT molecular complexity index is 1080. The highest BCUT2D eigenvalue weighted by Crippen LogP contribution is 2.13. The quantitative estimate of drug-likeness (QED) is 0.0229. The number of nitrogens with one attached hydrogen (secondary N) is 5. The molecule has 0 aromatic carbocycles. The summed E-state index contributed by atoms with van der Waals surface area (Å²) in [4.78, 5) is 75.0. The standard InChI is InChI=1S/C16H30O3.C13H25N3O5S2.C12H24N2O5.C2H6/c17-15-13-11-9-7-5-3-1-2-4-6-8-10-12-14-16(18)19;17-10-14-5-6-20-7-8-21-9-12(18)15-4-2-1-3-11(16-23)13(19)22;1-3-18-8-9-19-7-6-14-11(15)5-4-10(13-2)12(16)17;1-2/h15H,1-14H2,(H,18,19);10-11,16,23H,1-9H2,(H,14,17)(H,15,18)(H,19,22);10,13H,3-9H2,1-2H3,(H,14,15)(H,16,17);1-2H3. The Morgan fingerprint density at radius 3 is 1.62 bits per heavy atom. The van der Waals surface area contributed by atoms with Crippen LogP contribution in [0.5, 0.6) is 0 Å². The van der Waals surface area contributed by atoms with Crippen molar-refractivity contribution in [3.05, 3.63) is 0 Å². The first-order chi connectivity index (χ1) is 30.5. The molecule has 20 heteroatoms. The van der Waals surface area contributed by atoms with E-state index in [0.29, 0.717) is 85.1 Å². The van der Waals surface area contributed by atoms with Crippen molar-refractivity contribution in [1.29, 1.82) is 0 Å². The van der Waals surface area contributed by atoms with Crippen LogP contribution >= 0.6 is 25.4 Å². The number of carboxylic acid groups (broad SMARTS) is 2. The fraction of sp³-hybridized carbons (Fsp3) is 0.837. The molecule has 0 fully saturated rings. The van der Waals surface area contributed by atoms with Crippen LogP contribution in [0, 0.1) is 0 Å². The topological polar surface area (TPSA) is 257 Å². The molecule has 0 bridgehead atoms. The van der Waals surface area contributed by atoms with Gasteiger partial charge in [0.25, 0.3) is 0 Å². The number of aldehydes is 1. The number of carbonyl (C=O) groups excluding carboxylic acids is 5. The molecule has 372 valence electrons. The minimum atomic E-state index is -0.949. The van der Waals surface area contributed by atoms with Crippen molar-refractivity contribution in [2.45, 2.75) is 155 Å².